The Hall–Kier alpha value is -0.290. The van der Waals surface area contributed by atoms with Crippen LogP contribution in [0.2, 0.25) is 0 Å². The van der Waals surface area contributed by atoms with Gasteiger partial charge in [0.15, 0.2) is 0 Å². The van der Waals surface area contributed by atoms with Gasteiger partial charge in [-0.1, -0.05) is 13.8 Å². The lowest BCUT2D eigenvalue weighted by atomic mass is 9.83. The fourth-order valence-electron chi connectivity index (χ4n) is 1.21. The fourth-order valence-corrected chi connectivity index (χ4v) is 1.21. The van der Waals surface area contributed by atoms with Gasteiger partial charge in [0.25, 0.3) is 0 Å². The maximum absolute atomic E-state index is 11.7. The highest BCUT2D eigenvalue weighted by Gasteiger charge is 2.27. The molecular formula is C10H20F3NO. The lowest BCUT2D eigenvalue weighted by Crippen LogP contribution is -2.27. The highest BCUT2D eigenvalue weighted by Crippen LogP contribution is 2.25. The summed E-state index contributed by atoms with van der Waals surface area (Å²) in [5.74, 6) is 0. The Kier molecular flexibility index (Phi) is 6.20. The van der Waals surface area contributed by atoms with Crippen molar-refractivity contribution < 1.29 is 17.9 Å². The Labute approximate surface area is 89.0 Å². The van der Waals surface area contributed by atoms with Gasteiger partial charge in [0.05, 0.1) is 0 Å². The molecule has 0 aromatic carbocycles. The molecule has 0 rings (SSSR count). The summed E-state index contributed by atoms with van der Waals surface area (Å²) in [7, 11) is 0. The van der Waals surface area contributed by atoms with Crippen LogP contribution in [0.25, 0.3) is 0 Å². The van der Waals surface area contributed by atoms with Crippen LogP contribution < -0.4 is 5.73 Å². The number of ether oxygens (including phenoxy) is 1. The molecule has 0 aliphatic heterocycles. The third-order valence-corrected chi connectivity index (χ3v) is 2.68. The van der Waals surface area contributed by atoms with Gasteiger partial charge < -0.3 is 10.5 Å². The van der Waals surface area contributed by atoms with E-state index in [1.807, 2.05) is 13.8 Å². The van der Waals surface area contributed by atoms with E-state index in [0.717, 1.165) is 12.8 Å². The fraction of sp³-hybridized carbons (Fsp3) is 1.00. The summed E-state index contributed by atoms with van der Waals surface area (Å²) >= 11 is 0. The second-order valence-corrected chi connectivity index (χ2v) is 4.14. The normalized spacial score (nSPS) is 16.4. The minimum absolute atomic E-state index is 0.0294. The van der Waals surface area contributed by atoms with Gasteiger partial charge in [-0.15, -0.1) is 0 Å². The molecule has 0 spiro atoms. The summed E-state index contributed by atoms with van der Waals surface area (Å²) in [4.78, 5) is 0. The second-order valence-electron chi connectivity index (χ2n) is 4.14. The van der Waals surface area contributed by atoms with Crippen LogP contribution in [0.1, 0.15) is 33.1 Å². The molecule has 0 fully saturated rings. The van der Waals surface area contributed by atoms with E-state index >= 15 is 0 Å². The average molecular weight is 227 g/mol. The summed E-state index contributed by atoms with van der Waals surface area (Å²) in [6.45, 7) is 3.62. The first kappa shape index (κ1) is 14.7. The van der Waals surface area contributed by atoms with Gasteiger partial charge in [0.1, 0.15) is 6.61 Å². The van der Waals surface area contributed by atoms with Gasteiger partial charge in [0.2, 0.25) is 0 Å². The molecule has 1 unspecified atom stereocenters. The number of alkyl halides is 3. The maximum Gasteiger partial charge on any atom is 0.411 e. The predicted octanol–water partition coefficient (Wildman–Crippen LogP) is 2.72. The average Bonchev–Trinajstić information content (AvgIpc) is 2.15. The van der Waals surface area contributed by atoms with Gasteiger partial charge in [-0.05, 0) is 31.2 Å². The molecule has 0 saturated heterocycles. The minimum atomic E-state index is -4.22. The number of hydrogen-bond donors (Lipinski definition) is 1. The highest BCUT2D eigenvalue weighted by molar-refractivity contribution is 4.73. The molecule has 92 valence electrons. The van der Waals surface area contributed by atoms with Crippen molar-refractivity contribution in [2.24, 2.45) is 11.1 Å². The zero-order chi connectivity index (χ0) is 11.9. The number of hydrogen-bond acceptors (Lipinski definition) is 2. The number of nitrogens with two attached hydrogens (primary N) is 1. The van der Waals surface area contributed by atoms with Crippen molar-refractivity contribution in [2.75, 3.05) is 19.8 Å². The van der Waals surface area contributed by atoms with E-state index in [0.29, 0.717) is 13.0 Å². The van der Waals surface area contributed by atoms with Crippen LogP contribution in [0.3, 0.4) is 0 Å². The van der Waals surface area contributed by atoms with Crippen molar-refractivity contribution in [1.29, 1.82) is 0 Å². The molecule has 0 aliphatic rings. The molecule has 5 heteroatoms. The second kappa shape index (κ2) is 6.33. The molecule has 0 aliphatic carbocycles. The van der Waals surface area contributed by atoms with Gasteiger partial charge in [0, 0.05) is 6.61 Å². The molecule has 0 radical (unpaired) electrons. The van der Waals surface area contributed by atoms with Crippen molar-refractivity contribution >= 4 is 0 Å². The summed E-state index contributed by atoms with van der Waals surface area (Å²) in [6.07, 6.45) is -1.86. The lowest BCUT2D eigenvalue weighted by Gasteiger charge is -2.26. The van der Waals surface area contributed by atoms with Crippen molar-refractivity contribution in [3.05, 3.63) is 0 Å². The first-order chi connectivity index (χ1) is 6.83. The molecule has 0 aromatic heterocycles. The van der Waals surface area contributed by atoms with Crippen LogP contribution in [0.15, 0.2) is 0 Å². The summed E-state index contributed by atoms with van der Waals surface area (Å²) < 4.78 is 39.6. The molecular weight excluding hydrogens is 207 g/mol. The van der Waals surface area contributed by atoms with Crippen LogP contribution in [-0.2, 0) is 4.74 Å². The monoisotopic (exact) mass is 227 g/mol. The van der Waals surface area contributed by atoms with E-state index in [9.17, 15) is 13.2 Å². The molecule has 0 saturated carbocycles. The quantitative estimate of drug-likeness (QED) is 0.679. The van der Waals surface area contributed by atoms with E-state index in [-0.39, 0.29) is 12.0 Å². The molecule has 2 N–H and O–H groups in total. The largest absolute Gasteiger partial charge is 0.411 e. The molecule has 0 amide bonds. The Bertz CT molecular complexity index is 167. The molecule has 1 atom stereocenters. The van der Waals surface area contributed by atoms with E-state index in [1.165, 1.54) is 0 Å². The van der Waals surface area contributed by atoms with Gasteiger partial charge in [-0.3, -0.25) is 0 Å². The standard InChI is InChI=1S/C10H20F3NO/c1-3-9(2,7-14)5-4-6-15-8-10(11,12)13/h3-8,14H2,1-2H3. The van der Waals surface area contributed by atoms with Crippen molar-refractivity contribution in [3.63, 3.8) is 0 Å². The van der Waals surface area contributed by atoms with E-state index in [2.05, 4.69) is 4.74 Å². The molecule has 15 heavy (non-hydrogen) atoms. The number of halogens is 3. The summed E-state index contributed by atoms with van der Waals surface area (Å²) in [6, 6.07) is 0. The van der Waals surface area contributed by atoms with Gasteiger partial charge in [-0.2, -0.15) is 13.2 Å². The van der Waals surface area contributed by atoms with Crippen molar-refractivity contribution in [2.45, 2.75) is 39.3 Å². The van der Waals surface area contributed by atoms with Crippen molar-refractivity contribution in [1.82, 2.24) is 0 Å². The smallest absolute Gasteiger partial charge is 0.372 e. The highest BCUT2D eigenvalue weighted by atomic mass is 19.4. The SMILES string of the molecule is CCC(C)(CN)CCCOCC(F)(F)F. The van der Waals surface area contributed by atoms with E-state index in [1.54, 1.807) is 0 Å². The minimum Gasteiger partial charge on any atom is -0.372 e. The summed E-state index contributed by atoms with van der Waals surface area (Å²) in [5.41, 5.74) is 5.61. The summed E-state index contributed by atoms with van der Waals surface area (Å²) in [5, 5.41) is 0. The Morgan fingerprint density at radius 2 is 1.87 bits per heavy atom. The van der Waals surface area contributed by atoms with Crippen LogP contribution in [0.5, 0.6) is 0 Å². The third kappa shape index (κ3) is 7.62. The zero-order valence-electron chi connectivity index (χ0n) is 9.36. The zero-order valence-corrected chi connectivity index (χ0v) is 9.36. The molecule has 0 bridgehead atoms. The number of rotatable bonds is 7. The Balaban J connectivity index is 3.54. The maximum atomic E-state index is 11.7. The van der Waals surface area contributed by atoms with Crippen LogP contribution in [0, 0.1) is 5.41 Å². The third-order valence-electron chi connectivity index (χ3n) is 2.68. The first-order valence-electron chi connectivity index (χ1n) is 5.17. The Morgan fingerprint density at radius 3 is 2.27 bits per heavy atom. The topological polar surface area (TPSA) is 35.2 Å². The van der Waals surface area contributed by atoms with Crippen LogP contribution >= 0.6 is 0 Å². The Morgan fingerprint density at radius 1 is 1.27 bits per heavy atom. The van der Waals surface area contributed by atoms with Crippen LogP contribution in [0.4, 0.5) is 13.2 Å². The molecule has 2 nitrogen and oxygen atoms in total. The first-order valence-corrected chi connectivity index (χ1v) is 5.17. The lowest BCUT2D eigenvalue weighted by molar-refractivity contribution is -0.174. The molecule has 0 aromatic rings. The van der Waals surface area contributed by atoms with Gasteiger partial charge >= 0.3 is 6.18 Å². The van der Waals surface area contributed by atoms with E-state index < -0.39 is 12.8 Å². The molecule has 0 heterocycles. The van der Waals surface area contributed by atoms with E-state index in [4.69, 9.17) is 5.73 Å². The van der Waals surface area contributed by atoms with Crippen LogP contribution in [-0.4, -0.2) is 25.9 Å². The predicted molar refractivity (Wildman–Crippen MR) is 53.6 cm³/mol. The van der Waals surface area contributed by atoms with Gasteiger partial charge in [-0.25, -0.2) is 0 Å². The van der Waals surface area contributed by atoms with Crippen molar-refractivity contribution in [3.8, 4) is 0 Å².